The van der Waals surface area contributed by atoms with Gasteiger partial charge in [-0.05, 0) is 24.5 Å². The molecular weight excluding hydrogens is 291 g/mol. The summed E-state index contributed by atoms with van der Waals surface area (Å²) in [5.74, 6) is 0.113. The maximum atomic E-state index is 14.5. The predicted molar refractivity (Wildman–Crippen MR) is 90.6 cm³/mol. The maximum Gasteiger partial charge on any atom is 0.207 e. The number of nitrogens with zero attached hydrogens (tertiary/aromatic N) is 1. The molecule has 3 nitrogen and oxygen atoms in total. The van der Waals surface area contributed by atoms with E-state index in [9.17, 15) is 9.18 Å². The van der Waals surface area contributed by atoms with E-state index in [1.165, 1.54) is 0 Å². The zero-order chi connectivity index (χ0) is 16.8. The van der Waals surface area contributed by atoms with Crippen LogP contribution in [0.5, 0.6) is 0 Å². The summed E-state index contributed by atoms with van der Waals surface area (Å²) >= 11 is 0. The van der Waals surface area contributed by atoms with E-state index in [4.69, 9.17) is 0 Å². The van der Waals surface area contributed by atoms with Crippen molar-refractivity contribution in [3.05, 3.63) is 53.5 Å². The highest BCUT2D eigenvalue weighted by Crippen LogP contribution is 2.30. The van der Waals surface area contributed by atoms with Crippen molar-refractivity contribution in [1.82, 2.24) is 10.3 Å². The van der Waals surface area contributed by atoms with E-state index in [-0.39, 0.29) is 11.7 Å². The number of benzene rings is 1. The Labute approximate surface area is 137 Å². The molecule has 0 aliphatic heterocycles. The third-order valence-corrected chi connectivity index (χ3v) is 4.34. The average Bonchev–Trinajstić information content (AvgIpc) is 2.58. The van der Waals surface area contributed by atoms with E-state index < -0.39 is 0 Å². The smallest absolute Gasteiger partial charge is 0.207 e. The fourth-order valence-electron chi connectivity index (χ4n) is 2.72. The van der Waals surface area contributed by atoms with Gasteiger partial charge in [-0.15, -0.1) is 0 Å². The number of pyridine rings is 1. The number of rotatable bonds is 7. The fourth-order valence-corrected chi connectivity index (χ4v) is 2.72. The van der Waals surface area contributed by atoms with E-state index >= 15 is 0 Å². The summed E-state index contributed by atoms with van der Waals surface area (Å²) in [6.45, 7) is 6.49. The summed E-state index contributed by atoms with van der Waals surface area (Å²) in [5, 5.41) is 2.74. The van der Waals surface area contributed by atoms with Gasteiger partial charge >= 0.3 is 0 Å². The lowest BCUT2D eigenvalue weighted by Gasteiger charge is -2.23. The van der Waals surface area contributed by atoms with Gasteiger partial charge in [-0.3, -0.25) is 4.79 Å². The SMILES string of the molecule is CCC(C)C(CNC=O)c1cc(C)c(F)c(-c2ccccc2)n1. The lowest BCUT2D eigenvalue weighted by atomic mass is 9.87. The molecule has 0 fully saturated rings. The molecule has 0 aliphatic carbocycles. The van der Waals surface area contributed by atoms with Gasteiger partial charge in [0.25, 0.3) is 0 Å². The van der Waals surface area contributed by atoms with E-state index in [1.807, 2.05) is 30.3 Å². The van der Waals surface area contributed by atoms with Crippen LogP contribution in [0.4, 0.5) is 4.39 Å². The summed E-state index contributed by atoms with van der Waals surface area (Å²) in [7, 11) is 0. The molecule has 2 atom stereocenters. The molecule has 2 unspecified atom stereocenters. The molecule has 0 saturated heterocycles. The third kappa shape index (κ3) is 3.95. The number of aryl methyl sites for hydroxylation is 1. The molecule has 2 aromatic rings. The van der Waals surface area contributed by atoms with Crippen LogP contribution in [-0.4, -0.2) is 17.9 Å². The molecule has 0 spiro atoms. The second-order valence-corrected chi connectivity index (χ2v) is 5.91. The Balaban J connectivity index is 2.49. The Morgan fingerprint density at radius 2 is 2.00 bits per heavy atom. The average molecular weight is 314 g/mol. The molecular formula is C19H23FN2O. The van der Waals surface area contributed by atoms with E-state index in [0.29, 0.717) is 30.1 Å². The van der Waals surface area contributed by atoms with Gasteiger partial charge in [-0.1, -0.05) is 50.6 Å². The molecule has 1 aromatic heterocycles. The Morgan fingerprint density at radius 1 is 1.30 bits per heavy atom. The zero-order valence-electron chi connectivity index (χ0n) is 13.8. The Hall–Kier alpha value is -2.23. The topological polar surface area (TPSA) is 42.0 Å². The van der Waals surface area contributed by atoms with Gasteiger partial charge in [0, 0.05) is 23.7 Å². The molecule has 0 saturated carbocycles. The van der Waals surface area contributed by atoms with Gasteiger partial charge in [-0.25, -0.2) is 9.37 Å². The number of halogens is 1. The second-order valence-electron chi connectivity index (χ2n) is 5.91. The molecule has 1 aromatic carbocycles. The summed E-state index contributed by atoms with van der Waals surface area (Å²) in [6, 6.07) is 11.2. The number of amides is 1. The minimum absolute atomic E-state index is 0.0620. The van der Waals surface area contributed by atoms with Crippen molar-refractivity contribution in [2.75, 3.05) is 6.54 Å². The number of carbonyl (C=O) groups excluding carboxylic acids is 1. The summed E-state index contributed by atoms with van der Waals surface area (Å²) in [4.78, 5) is 15.3. The Morgan fingerprint density at radius 3 is 2.61 bits per heavy atom. The molecule has 0 bridgehead atoms. The minimum Gasteiger partial charge on any atom is -0.358 e. The highest BCUT2D eigenvalue weighted by Gasteiger charge is 2.22. The van der Waals surface area contributed by atoms with Crippen LogP contribution in [-0.2, 0) is 4.79 Å². The first-order valence-corrected chi connectivity index (χ1v) is 7.98. The van der Waals surface area contributed by atoms with Gasteiger partial charge in [-0.2, -0.15) is 0 Å². The van der Waals surface area contributed by atoms with Gasteiger partial charge in [0.1, 0.15) is 5.69 Å². The molecule has 0 aliphatic rings. The maximum absolute atomic E-state index is 14.5. The highest BCUT2D eigenvalue weighted by molar-refractivity contribution is 5.61. The van der Waals surface area contributed by atoms with Crippen LogP contribution >= 0.6 is 0 Å². The second kappa shape index (κ2) is 7.86. The summed E-state index contributed by atoms with van der Waals surface area (Å²) < 4.78 is 14.5. The third-order valence-electron chi connectivity index (χ3n) is 4.34. The molecule has 0 radical (unpaired) electrons. The van der Waals surface area contributed by atoms with Crippen LogP contribution < -0.4 is 5.32 Å². The van der Waals surface area contributed by atoms with Gasteiger partial charge in [0.2, 0.25) is 6.41 Å². The molecule has 2 rings (SSSR count). The fraction of sp³-hybridized carbons (Fsp3) is 0.368. The molecule has 1 N–H and O–H groups in total. The summed E-state index contributed by atoms with van der Waals surface area (Å²) in [5.41, 5.74) is 2.54. The van der Waals surface area contributed by atoms with E-state index in [0.717, 1.165) is 17.7 Å². The first kappa shape index (κ1) is 17.1. The van der Waals surface area contributed by atoms with Crippen LogP contribution in [0.2, 0.25) is 0 Å². The van der Waals surface area contributed by atoms with Gasteiger partial charge in [0.15, 0.2) is 5.82 Å². The van der Waals surface area contributed by atoms with Crippen LogP contribution in [0.25, 0.3) is 11.3 Å². The first-order chi connectivity index (χ1) is 11.1. The van der Waals surface area contributed by atoms with Crippen LogP contribution in [0, 0.1) is 18.7 Å². The molecule has 23 heavy (non-hydrogen) atoms. The van der Waals surface area contributed by atoms with Crippen LogP contribution in [0.3, 0.4) is 0 Å². The largest absolute Gasteiger partial charge is 0.358 e. The minimum atomic E-state index is -0.286. The number of hydrogen-bond acceptors (Lipinski definition) is 2. The number of nitrogens with one attached hydrogen (secondary N) is 1. The number of carbonyl (C=O) groups is 1. The lowest BCUT2D eigenvalue weighted by Crippen LogP contribution is -2.25. The van der Waals surface area contributed by atoms with Crippen molar-refractivity contribution in [3.8, 4) is 11.3 Å². The van der Waals surface area contributed by atoms with E-state index in [2.05, 4.69) is 24.1 Å². The molecule has 1 amide bonds. The van der Waals surface area contributed by atoms with Gasteiger partial charge in [0.05, 0.1) is 0 Å². The van der Waals surface area contributed by atoms with Crippen molar-refractivity contribution >= 4 is 6.41 Å². The van der Waals surface area contributed by atoms with E-state index in [1.54, 1.807) is 13.0 Å². The highest BCUT2D eigenvalue weighted by atomic mass is 19.1. The van der Waals surface area contributed by atoms with Gasteiger partial charge < -0.3 is 5.32 Å². The van der Waals surface area contributed by atoms with Crippen molar-refractivity contribution in [2.45, 2.75) is 33.1 Å². The van der Waals surface area contributed by atoms with Crippen molar-refractivity contribution in [1.29, 1.82) is 0 Å². The zero-order valence-corrected chi connectivity index (χ0v) is 13.8. The first-order valence-electron chi connectivity index (χ1n) is 7.98. The lowest BCUT2D eigenvalue weighted by molar-refractivity contribution is -0.109. The van der Waals surface area contributed by atoms with Crippen molar-refractivity contribution < 1.29 is 9.18 Å². The molecule has 122 valence electrons. The number of hydrogen-bond donors (Lipinski definition) is 1. The van der Waals surface area contributed by atoms with Crippen molar-refractivity contribution in [3.63, 3.8) is 0 Å². The predicted octanol–water partition coefficient (Wildman–Crippen LogP) is 4.07. The Kier molecular flexibility index (Phi) is 5.85. The molecule has 4 heteroatoms. The monoisotopic (exact) mass is 314 g/mol. The summed E-state index contributed by atoms with van der Waals surface area (Å²) in [6.07, 6.45) is 1.66. The Bertz CT molecular complexity index is 658. The normalized spacial score (nSPS) is 13.4. The van der Waals surface area contributed by atoms with Crippen molar-refractivity contribution in [2.24, 2.45) is 5.92 Å². The standard InChI is InChI=1S/C19H23FN2O/c1-4-13(2)16(11-21-12-23)17-10-14(3)18(20)19(22-17)15-8-6-5-7-9-15/h5-10,12-13,16H,4,11H2,1-3H3,(H,21,23). The number of aromatic nitrogens is 1. The van der Waals surface area contributed by atoms with Crippen LogP contribution in [0.1, 0.15) is 37.4 Å². The molecule has 1 heterocycles. The van der Waals surface area contributed by atoms with Crippen LogP contribution in [0.15, 0.2) is 36.4 Å². The quantitative estimate of drug-likeness (QED) is 0.783.